The van der Waals surface area contributed by atoms with E-state index in [-0.39, 0.29) is 17.4 Å². The number of pyridine rings is 1. The molecule has 0 spiro atoms. The van der Waals surface area contributed by atoms with Crippen molar-refractivity contribution >= 4 is 17.4 Å². The Labute approximate surface area is 134 Å². The molecule has 0 aromatic carbocycles. The third kappa shape index (κ3) is 3.39. The van der Waals surface area contributed by atoms with Crippen molar-refractivity contribution < 1.29 is 4.79 Å². The Bertz CT molecular complexity index is 736. The number of aryl methyl sites for hydroxylation is 1. The van der Waals surface area contributed by atoms with Gasteiger partial charge in [-0.25, -0.2) is 4.98 Å². The molecular weight excluding hydrogens is 294 g/mol. The summed E-state index contributed by atoms with van der Waals surface area (Å²) >= 11 is 0. The number of aromatic nitrogens is 3. The minimum atomic E-state index is -0.196. The van der Waals surface area contributed by atoms with Crippen molar-refractivity contribution in [3.63, 3.8) is 0 Å². The second-order valence-electron chi connectivity index (χ2n) is 5.65. The average molecular weight is 313 g/mol. The molecule has 120 valence electrons. The molecule has 0 radical (unpaired) electrons. The molecular formula is C16H19N5O2. The monoisotopic (exact) mass is 313 g/mol. The van der Waals surface area contributed by atoms with Crippen molar-refractivity contribution in [2.75, 3.05) is 23.3 Å². The Hall–Kier alpha value is -2.70. The number of nitrogens with zero attached hydrogens (tertiary/aromatic N) is 4. The number of hydrogen-bond donors (Lipinski definition) is 1. The van der Waals surface area contributed by atoms with Gasteiger partial charge in [0.25, 0.3) is 5.56 Å². The zero-order valence-corrected chi connectivity index (χ0v) is 13.0. The molecule has 2 aromatic rings. The summed E-state index contributed by atoms with van der Waals surface area (Å²) in [6, 6.07) is 3.38. The lowest BCUT2D eigenvalue weighted by Crippen LogP contribution is -2.39. The fraction of sp³-hybridized carbons (Fsp3) is 0.375. The van der Waals surface area contributed by atoms with Crippen LogP contribution in [0.3, 0.4) is 0 Å². The van der Waals surface area contributed by atoms with E-state index in [1.54, 1.807) is 44.0 Å². The first kappa shape index (κ1) is 15.2. The van der Waals surface area contributed by atoms with Crippen LogP contribution < -0.4 is 15.8 Å². The number of nitrogens with one attached hydrogen (secondary N) is 1. The van der Waals surface area contributed by atoms with Crippen molar-refractivity contribution in [3.05, 3.63) is 47.3 Å². The topological polar surface area (TPSA) is 80.1 Å². The highest BCUT2D eigenvalue weighted by Gasteiger charge is 2.26. The molecule has 1 aliphatic heterocycles. The van der Waals surface area contributed by atoms with E-state index >= 15 is 0 Å². The molecule has 0 unspecified atom stereocenters. The lowest BCUT2D eigenvalue weighted by Gasteiger charge is -2.31. The number of rotatable bonds is 3. The number of piperidine rings is 1. The molecule has 1 fully saturated rings. The van der Waals surface area contributed by atoms with Gasteiger partial charge in [-0.1, -0.05) is 0 Å². The summed E-state index contributed by atoms with van der Waals surface area (Å²) in [6.07, 6.45) is 8.17. The molecule has 3 rings (SSSR count). The number of hydrogen-bond acceptors (Lipinski definition) is 5. The molecule has 1 N–H and O–H groups in total. The molecule has 1 amide bonds. The van der Waals surface area contributed by atoms with E-state index in [9.17, 15) is 9.59 Å². The Morgan fingerprint density at radius 3 is 2.78 bits per heavy atom. The van der Waals surface area contributed by atoms with Crippen molar-refractivity contribution in [2.24, 2.45) is 13.0 Å². The summed E-state index contributed by atoms with van der Waals surface area (Å²) in [4.78, 5) is 34.8. The van der Waals surface area contributed by atoms with Gasteiger partial charge in [0.05, 0.1) is 6.20 Å². The summed E-state index contributed by atoms with van der Waals surface area (Å²) in [7, 11) is 1.66. The van der Waals surface area contributed by atoms with Crippen LogP contribution in [0.25, 0.3) is 0 Å². The zero-order valence-electron chi connectivity index (χ0n) is 13.0. The molecule has 3 heterocycles. The van der Waals surface area contributed by atoms with Gasteiger partial charge in [0, 0.05) is 44.6 Å². The summed E-state index contributed by atoms with van der Waals surface area (Å²) < 4.78 is 1.45. The van der Waals surface area contributed by atoms with Gasteiger partial charge >= 0.3 is 0 Å². The highest BCUT2D eigenvalue weighted by atomic mass is 16.2. The van der Waals surface area contributed by atoms with E-state index in [2.05, 4.69) is 20.2 Å². The van der Waals surface area contributed by atoms with Crippen molar-refractivity contribution in [2.45, 2.75) is 12.8 Å². The molecule has 0 atom stereocenters. The lowest BCUT2D eigenvalue weighted by molar-refractivity contribution is -0.120. The second-order valence-corrected chi connectivity index (χ2v) is 5.65. The van der Waals surface area contributed by atoms with Crippen LogP contribution in [0.2, 0.25) is 0 Å². The van der Waals surface area contributed by atoms with E-state index in [0.29, 0.717) is 5.69 Å². The summed E-state index contributed by atoms with van der Waals surface area (Å²) in [5.41, 5.74) is 0.134. The summed E-state index contributed by atoms with van der Waals surface area (Å²) in [5, 5.41) is 2.76. The van der Waals surface area contributed by atoms with Gasteiger partial charge in [-0.15, -0.1) is 0 Å². The molecule has 2 aromatic heterocycles. The van der Waals surface area contributed by atoms with Gasteiger partial charge in [0.1, 0.15) is 11.5 Å². The molecule has 23 heavy (non-hydrogen) atoms. The number of carbonyl (C=O) groups is 1. The average Bonchev–Trinajstić information content (AvgIpc) is 2.60. The van der Waals surface area contributed by atoms with Crippen molar-refractivity contribution in [1.29, 1.82) is 0 Å². The van der Waals surface area contributed by atoms with Gasteiger partial charge < -0.3 is 14.8 Å². The van der Waals surface area contributed by atoms with Crippen molar-refractivity contribution in [1.82, 2.24) is 14.5 Å². The molecule has 0 saturated carbocycles. The smallest absolute Gasteiger partial charge is 0.274 e. The third-order valence-corrected chi connectivity index (χ3v) is 4.12. The molecule has 0 bridgehead atoms. The van der Waals surface area contributed by atoms with E-state index in [1.807, 2.05) is 0 Å². The van der Waals surface area contributed by atoms with Gasteiger partial charge in [-0.05, 0) is 25.0 Å². The number of amides is 1. The lowest BCUT2D eigenvalue weighted by atomic mass is 9.96. The Balaban J connectivity index is 1.60. The van der Waals surface area contributed by atoms with E-state index in [4.69, 9.17) is 0 Å². The maximum absolute atomic E-state index is 12.4. The van der Waals surface area contributed by atoms with Crippen LogP contribution in [0.1, 0.15) is 12.8 Å². The van der Waals surface area contributed by atoms with Crippen LogP contribution in [-0.4, -0.2) is 33.5 Å². The normalized spacial score (nSPS) is 15.4. The number of anilines is 2. The minimum Gasteiger partial charge on any atom is -0.355 e. The molecule has 7 nitrogen and oxygen atoms in total. The highest BCUT2D eigenvalue weighted by Crippen LogP contribution is 2.22. The van der Waals surface area contributed by atoms with Crippen LogP contribution in [0.15, 0.2) is 41.7 Å². The largest absolute Gasteiger partial charge is 0.355 e. The van der Waals surface area contributed by atoms with Crippen LogP contribution >= 0.6 is 0 Å². The fourth-order valence-corrected chi connectivity index (χ4v) is 2.75. The quantitative estimate of drug-likeness (QED) is 0.915. The predicted molar refractivity (Wildman–Crippen MR) is 87.3 cm³/mol. The van der Waals surface area contributed by atoms with Gasteiger partial charge in [-0.3, -0.25) is 14.6 Å². The fourth-order valence-electron chi connectivity index (χ4n) is 2.75. The number of carbonyl (C=O) groups excluding carboxylic acids is 1. The zero-order chi connectivity index (χ0) is 16.2. The first-order chi connectivity index (χ1) is 11.1. The van der Waals surface area contributed by atoms with E-state index in [0.717, 1.165) is 31.7 Å². The maximum Gasteiger partial charge on any atom is 0.274 e. The predicted octanol–water partition coefficient (Wildman–Crippen LogP) is 1.03. The van der Waals surface area contributed by atoms with Crippen molar-refractivity contribution in [3.8, 4) is 0 Å². The van der Waals surface area contributed by atoms with Gasteiger partial charge in [-0.2, -0.15) is 0 Å². The highest BCUT2D eigenvalue weighted by molar-refractivity contribution is 5.92. The van der Waals surface area contributed by atoms with Crippen LogP contribution in [0.5, 0.6) is 0 Å². The second kappa shape index (κ2) is 6.60. The molecule has 0 aliphatic carbocycles. The standard InChI is InChI=1S/C16H19N5O2/c1-20-8-2-3-13(16(20)23)19-15(22)12-4-9-21(10-5-12)14-11-17-6-7-18-14/h2-3,6-8,11-12H,4-5,9-10H2,1H3,(H,19,22). The minimum absolute atomic E-state index is 0.0900. The third-order valence-electron chi connectivity index (χ3n) is 4.12. The van der Waals surface area contributed by atoms with Crippen LogP contribution in [0.4, 0.5) is 11.5 Å². The van der Waals surface area contributed by atoms with Gasteiger partial charge in [0.2, 0.25) is 5.91 Å². The Morgan fingerprint density at radius 1 is 1.30 bits per heavy atom. The maximum atomic E-state index is 12.4. The molecule has 1 aliphatic rings. The van der Waals surface area contributed by atoms with Crippen LogP contribution in [0, 0.1) is 5.92 Å². The van der Waals surface area contributed by atoms with E-state index < -0.39 is 0 Å². The summed E-state index contributed by atoms with van der Waals surface area (Å²) in [5.74, 6) is 0.656. The first-order valence-corrected chi connectivity index (χ1v) is 7.62. The van der Waals surface area contributed by atoms with Gasteiger partial charge in [0.15, 0.2) is 0 Å². The molecule has 7 heteroatoms. The molecule has 1 saturated heterocycles. The van der Waals surface area contributed by atoms with Crippen LogP contribution in [-0.2, 0) is 11.8 Å². The first-order valence-electron chi connectivity index (χ1n) is 7.62. The van der Waals surface area contributed by atoms with E-state index in [1.165, 1.54) is 4.57 Å². The SMILES string of the molecule is Cn1cccc(NC(=O)C2CCN(c3cnccn3)CC2)c1=O. The summed E-state index contributed by atoms with van der Waals surface area (Å²) in [6.45, 7) is 1.51. The Kier molecular flexibility index (Phi) is 4.36. The Morgan fingerprint density at radius 2 is 2.09 bits per heavy atom.